The van der Waals surface area contributed by atoms with Gasteiger partial charge in [-0.25, -0.2) is 0 Å². The molecule has 0 rings (SSSR count). The second kappa shape index (κ2) is 12.0. The van der Waals surface area contributed by atoms with E-state index < -0.39 is 0 Å². The Balaban J connectivity index is 4.78. The fourth-order valence-electron chi connectivity index (χ4n) is 1.10. The summed E-state index contributed by atoms with van der Waals surface area (Å²) in [6, 6.07) is 0. The highest BCUT2D eigenvalue weighted by Gasteiger charge is 1.84. The molecule has 98 valence electrons. The third kappa shape index (κ3) is 9.24. The van der Waals surface area contributed by atoms with Crippen molar-refractivity contribution in [2.75, 3.05) is 0 Å². The first-order valence-corrected chi connectivity index (χ1v) is 5.92. The Morgan fingerprint density at radius 2 is 1.32 bits per heavy atom. The Kier molecular flexibility index (Phi) is 10.4. The summed E-state index contributed by atoms with van der Waals surface area (Å²) in [6.07, 6.45) is 19.4. The van der Waals surface area contributed by atoms with Gasteiger partial charge in [0, 0.05) is 12.4 Å². The Labute approximate surface area is 116 Å². The van der Waals surface area contributed by atoms with Crippen molar-refractivity contribution in [2.45, 2.75) is 6.92 Å². The van der Waals surface area contributed by atoms with Gasteiger partial charge in [-0.15, -0.1) is 0 Å². The van der Waals surface area contributed by atoms with Crippen molar-refractivity contribution in [3.8, 4) is 0 Å². The van der Waals surface area contributed by atoms with Crippen molar-refractivity contribution in [1.29, 1.82) is 0 Å². The van der Waals surface area contributed by atoms with Crippen LogP contribution < -0.4 is 0 Å². The molecular weight excluding hydrogens is 232 g/mol. The van der Waals surface area contributed by atoms with E-state index in [1.807, 2.05) is 37.3 Å². The molecule has 0 atom stereocenters. The van der Waals surface area contributed by atoms with Gasteiger partial charge in [0.15, 0.2) is 0 Å². The van der Waals surface area contributed by atoms with E-state index >= 15 is 0 Å². The summed E-state index contributed by atoms with van der Waals surface area (Å²) >= 11 is 0. The van der Waals surface area contributed by atoms with Crippen molar-refractivity contribution >= 4 is 12.4 Å². The Morgan fingerprint density at radius 3 is 1.74 bits per heavy atom. The van der Waals surface area contributed by atoms with Gasteiger partial charge in [-0.2, -0.15) is 0 Å². The number of hydrogen-bond donors (Lipinski definition) is 0. The van der Waals surface area contributed by atoms with E-state index in [2.05, 4.69) is 29.7 Å². The summed E-state index contributed by atoms with van der Waals surface area (Å²) in [5, 5.41) is 0. The van der Waals surface area contributed by atoms with Gasteiger partial charge in [0.25, 0.3) is 0 Å². The molecule has 0 aromatic heterocycles. The van der Waals surface area contributed by atoms with Crippen molar-refractivity contribution < 1.29 is 0 Å². The highest BCUT2D eigenvalue weighted by molar-refractivity contribution is 6.16. The number of nitrogens with zero attached hydrogens (tertiary/aromatic N) is 2. The van der Waals surface area contributed by atoms with Crippen LogP contribution in [0.15, 0.2) is 95.8 Å². The van der Waals surface area contributed by atoms with E-state index in [1.54, 1.807) is 36.7 Å². The highest BCUT2D eigenvalue weighted by Crippen LogP contribution is 2.00. The van der Waals surface area contributed by atoms with Gasteiger partial charge in [-0.05, 0) is 31.2 Å². The van der Waals surface area contributed by atoms with Crippen LogP contribution in [-0.2, 0) is 0 Å². The summed E-state index contributed by atoms with van der Waals surface area (Å²) in [4.78, 5) is 8.49. The molecule has 0 aliphatic heterocycles. The molecule has 0 saturated heterocycles. The topological polar surface area (TPSA) is 24.7 Å². The average Bonchev–Trinajstić information content (AvgIpc) is 2.41. The van der Waals surface area contributed by atoms with Gasteiger partial charge in [-0.1, -0.05) is 50.1 Å². The molecule has 0 N–H and O–H groups in total. The molecule has 0 heterocycles. The minimum atomic E-state index is 0.779. The molecule has 0 spiro atoms. The zero-order valence-electron chi connectivity index (χ0n) is 11.4. The Hall–Kier alpha value is -2.48. The van der Waals surface area contributed by atoms with E-state index in [0.29, 0.717) is 0 Å². The third-order valence-electron chi connectivity index (χ3n) is 1.83. The van der Waals surface area contributed by atoms with E-state index in [0.717, 1.165) is 11.4 Å². The van der Waals surface area contributed by atoms with Gasteiger partial charge in [0.2, 0.25) is 0 Å². The summed E-state index contributed by atoms with van der Waals surface area (Å²) in [5.41, 5.74) is 1.60. The zero-order valence-corrected chi connectivity index (χ0v) is 11.4. The molecule has 0 unspecified atom stereocenters. The van der Waals surface area contributed by atoms with Crippen LogP contribution >= 0.6 is 0 Å². The quantitative estimate of drug-likeness (QED) is 0.446. The average molecular weight is 252 g/mol. The Bertz CT molecular complexity index is 469. The van der Waals surface area contributed by atoms with E-state index in [1.165, 1.54) is 0 Å². The molecule has 2 heteroatoms. The molecule has 0 fully saturated rings. The molecule has 0 amide bonds. The fraction of sp³-hybridized carbons (Fsp3) is 0.0588. The summed E-state index contributed by atoms with van der Waals surface area (Å²) in [5.74, 6) is 0. The van der Waals surface area contributed by atoms with Crippen LogP contribution in [0.1, 0.15) is 6.92 Å². The molecule has 2 nitrogen and oxygen atoms in total. The minimum absolute atomic E-state index is 0.779. The van der Waals surface area contributed by atoms with Crippen molar-refractivity contribution in [3.05, 3.63) is 85.8 Å². The van der Waals surface area contributed by atoms with Crippen LogP contribution in [-0.4, -0.2) is 12.4 Å². The smallest absolute Gasteiger partial charge is 0.0630 e. The van der Waals surface area contributed by atoms with Crippen molar-refractivity contribution in [1.82, 2.24) is 0 Å². The lowest BCUT2D eigenvalue weighted by Crippen LogP contribution is -1.80. The molecule has 0 aromatic carbocycles. The van der Waals surface area contributed by atoms with Gasteiger partial charge in [-0.3, -0.25) is 9.98 Å². The van der Waals surface area contributed by atoms with Gasteiger partial charge >= 0.3 is 0 Å². The second-order valence-corrected chi connectivity index (χ2v) is 3.31. The van der Waals surface area contributed by atoms with Gasteiger partial charge in [0.1, 0.15) is 0 Å². The molecule has 0 aliphatic carbocycles. The number of allylic oxidation sites excluding steroid dienone is 9. The molecule has 0 saturated carbocycles. The van der Waals surface area contributed by atoms with Gasteiger partial charge in [0.05, 0.1) is 11.4 Å². The predicted octanol–water partition coefficient (Wildman–Crippen LogP) is 4.59. The summed E-state index contributed by atoms with van der Waals surface area (Å²) in [7, 11) is 0. The lowest BCUT2D eigenvalue weighted by molar-refractivity contribution is 1.41. The predicted molar refractivity (Wildman–Crippen MR) is 87.7 cm³/mol. The van der Waals surface area contributed by atoms with Crippen molar-refractivity contribution in [3.63, 3.8) is 0 Å². The van der Waals surface area contributed by atoms with Crippen LogP contribution in [0.25, 0.3) is 0 Å². The minimum Gasteiger partial charge on any atom is -0.255 e. The first kappa shape index (κ1) is 16.5. The van der Waals surface area contributed by atoms with Crippen LogP contribution in [0.2, 0.25) is 0 Å². The number of hydrogen-bond acceptors (Lipinski definition) is 2. The molecule has 0 aliphatic rings. The molecule has 0 radical (unpaired) electrons. The van der Waals surface area contributed by atoms with Crippen molar-refractivity contribution in [2.24, 2.45) is 9.98 Å². The summed E-state index contributed by atoms with van der Waals surface area (Å²) in [6.45, 7) is 12.8. The maximum Gasteiger partial charge on any atom is 0.0630 e. The summed E-state index contributed by atoms with van der Waals surface area (Å²) < 4.78 is 0. The molecular formula is C17H20N2. The number of rotatable bonds is 8. The standard InChI is InChI=1S/C17H20N2/c1-5-9-13-17(12-8-4)19-15-14-18-16(10-6-2)11-7-3/h5-15H,1-2,4H2,3H3/b11-7-,13-9-,16-10+,17-12+,18-14?,19-15?. The van der Waals surface area contributed by atoms with E-state index in [9.17, 15) is 0 Å². The fourth-order valence-corrected chi connectivity index (χ4v) is 1.10. The highest BCUT2D eigenvalue weighted by atomic mass is 14.8. The maximum absolute atomic E-state index is 4.25. The lowest BCUT2D eigenvalue weighted by Gasteiger charge is -1.91. The van der Waals surface area contributed by atoms with Crippen LogP contribution in [0.3, 0.4) is 0 Å². The molecule has 0 bridgehead atoms. The zero-order chi connectivity index (χ0) is 14.3. The third-order valence-corrected chi connectivity index (χ3v) is 1.83. The van der Waals surface area contributed by atoms with E-state index in [4.69, 9.17) is 0 Å². The largest absolute Gasteiger partial charge is 0.255 e. The SMILES string of the molecule is C=C/C=C\C(=C/C=C)N=CC=NC(/C=C\C)=C/C=C. The number of aliphatic imine (C=N–C) groups is 2. The second-order valence-electron chi connectivity index (χ2n) is 3.31. The Morgan fingerprint density at radius 1 is 0.789 bits per heavy atom. The van der Waals surface area contributed by atoms with Crippen LogP contribution in [0.5, 0.6) is 0 Å². The van der Waals surface area contributed by atoms with Gasteiger partial charge < -0.3 is 0 Å². The van der Waals surface area contributed by atoms with Crippen LogP contribution in [0, 0.1) is 0 Å². The molecule has 0 aromatic rings. The van der Waals surface area contributed by atoms with E-state index in [-0.39, 0.29) is 0 Å². The van der Waals surface area contributed by atoms with Crippen LogP contribution in [0.4, 0.5) is 0 Å². The lowest BCUT2D eigenvalue weighted by atomic mass is 10.3. The first-order valence-electron chi connectivity index (χ1n) is 5.92. The monoisotopic (exact) mass is 252 g/mol. The first-order chi connectivity index (χ1) is 9.28. The normalized spacial score (nSPS) is 13.9. The maximum atomic E-state index is 4.25. The molecule has 19 heavy (non-hydrogen) atoms.